The highest BCUT2D eigenvalue weighted by atomic mass is 35.6. The number of nitrogens with zero attached hydrogens (tertiary/aromatic N) is 2. The molecule has 0 aliphatic carbocycles. The van der Waals surface area contributed by atoms with Crippen LogP contribution in [0.25, 0.3) is 0 Å². The Balaban J connectivity index is 2.10. The second kappa shape index (κ2) is 6.94. The lowest BCUT2D eigenvalue weighted by Crippen LogP contribution is -2.56. The van der Waals surface area contributed by atoms with Crippen molar-refractivity contribution in [3.8, 4) is 0 Å². The molecule has 20 heavy (non-hydrogen) atoms. The quantitative estimate of drug-likeness (QED) is 0.863. The van der Waals surface area contributed by atoms with Crippen molar-refractivity contribution in [2.75, 3.05) is 13.1 Å². The van der Waals surface area contributed by atoms with Crippen LogP contribution in [-0.4, -0.2) is 38.8 Å². The van der Waals surface area contributed by atoms with Gasteiger partial charge < -0.3 is 5.32 Å². The fourth-order valence-corrected chi connectivity index (χ4v) is 2.84. The van der Waals surface area contributed by atoms with Crippen molar-refractivity contribution in [1.82, 2.24) is 15.2 Å². The first-order chi connectivity index (χ1) is 9.48. The molecule has 1 aromatic heterocycles. The van der Waals surface area contributed by atoms with Crippen LogP contribution in [0.15, 0.2) is 24.5 Å². The Morgan fingerprint density at radius 2 is 2.00 bits per heavy atom. The Bertz CT molecular complexity index is 444. The summed E-state index contributed by atoms with van der Waals surface area (Å²) >= 11 is 18.1. The number of hydrogen-bond donors (Lipinski definition) is 1. The number of rotatable bonds is 3. The third kappa shape index (κ3) is 4.22. The number of alkyl halides is 3. The Morgan fingerprint density at radius 1 is 1.30 bits per heavy atom. The number of halogens is 3. The fourth-order valence-electron chi connectivity index (χ4n) is 2.26. The van der Waals surface area contributed by atoms with E-state index < -0.39 is 9.96 Å². The van der Waals surface area contributed by atoms with Crippen LogP contribution in [0.3, 0.4) is 0 Å². The standard InChI is InChI=1S/C13H16Cl3N3O/c14-13(15,16)12(19-7-2-1-3-8-19)18-11(20)10-5-4-6-17-9-10/h4-6,9,12H,1-3,7-8H2,(H,18,20). The molecule has 2 rings (SSSR count). The van der Waals surface area contributed by atoms with Crippen molar-refractivity contribution in [2.24, 2.45) is 0 Å². The van der Waals surface area contributed by atoms with Gasteiger partial charge in [0, 0.05) is 25.5 Å². The Morgan fingerprint density at radius 3 is 2.55 bits per heavy atom. The van der Waals surface area contributed by atoms with Gasteiger partial charge in [0.05, 0.1) is 5.56 Å². The molecule has 0 bridgehead atoms. The van der Waals surface area contributed by atoms with Crippen LogP contribution in [0.4, 0.5) is 0 Å². The van der Waals surface area contributed by atoms with Crippen LogP contribution in [-0.2, 0) is 0 Å². The molecule has 1 aliphatic rings. The topological polar surface area (TPSA) is 45.2 Å². The third-order valence-electron chi connectivity index (χ3n) is 3.26. The number of amides is 1. The number of nitrogens with one attached hydrogen (secondary N) is 1. The lowest BCUT2D eigenvalue weighted by molar-refractivity contribution is 0.0819. The average Bonchev–Trinajstić information content (AvgIpc) is 2.45. The van der Waals surface area contributed by atoms with Gasteiger partial charge in [0.25, 0.3) is 5.91 Å². The van der Waals surface area contributed by atoms with E-state index in [1.165, 1.54) is 12.6 Å². The smallest absolute Gasteiger partial charge is 0.254 e. The van der Waals surface area contributed by atoms with Gasteiger partial charge in [-0.1, -0.05) is 41.2 Å². The highest BCUT2D eigenvalue weighted by Gasteiger charge is 2.38. The van der Waals surface area contributed by atoms with Crippen LogP contribution in [0.2, 0.25) is 0 Å². The summed E-state index contributed by atoms with van der Waals surface area (Å²) in [5.41, 5.74) is 0.448. The number of carbonyl (C=O) groups is 1. The summed E-state index contributed by atoms with van der Waals surface area (Å²) in [7, 11) is 0. The Labute approximate surface area is 133 Å². The molecule has 1 atom stereocenters. The molecule has 4 nitrogen and oxygen atoms in total. The first-order valence-corrected chi connectivity index (χ1v) is 7.63. The van der Waals surface area contributed by atoms with E-state index in [2.05, 4.69) is 10.3 Å². The number of hydrogen-bond acceptors (Lipinski definition) is 3. The van der Waals surface area contributed by atoms with Crippen molar-refractivity contribution in [3.63, 3.8) is 0 Å². The largest absolute Gasteiger partial charge is 0.332 e. The molecular formula is C13H16Cl3N3O. The van der Waals surface area contributed by atoms with Crippen LogP contribution >= 0.6 is 34.8 Å². The van der Waals surface area contributed by atoms with Crippen molar-refractivity contribution in [1.29, 1.82) is 0 Å². The molecule has 2 heterocycles. The predicted octanol–water partition coefficient (Wildman–Crippen LogP) is 2.99. The fraction of sp³-hybridized carbons (Fsp3) is 0.538. The minimum Gasteiger partial charge on any atom is -0.332 e. The molecule has 1 fully saturated rings. The highest BCUT2D eigenvalue weighted by Crippen LogP contribution is 2.33. The van der Waals surface area contributed by atoms with E-state index in [1.807, 2.05) is 4.90 Å². The number of pyridine rings is 1. The van der Waals surface area contributed by atoms with E-state index in [9.17, 15) is 4.79 Å². The van der Waals surface area contributed by atoms with E-state index >= 15 is 0 Å². The summed E-state index contributed by atoms with van der Waals surface area (Å²) in [6.07, 6.45) is 5.70. The van der Waals surface area contributed by atoms with Crippen molar-refractivity contribution >= 4 is 40.7 Å². The summed E-state index contributed by atoms with van der Waals surface area (Å²) in [6, 6.07) is 3.37. The average molecular weight is 337 g/mol. The molecule has 0 radical (unpaired) electrons. The summed E-state index contributed by atoms with van der Waals surface area (Å²) in [5.74, 6) is -0.292. The maximum atomic E-state index is 12.2. The zero-order chi connectivity index (χ0) is 14.6. The van der Waals surface area contributed by atoms with Crippen LogP contribution in [0.5, 0.6) is 0 Å². The highest BCUT2D eigenvalue weighted by molar-refractivity contribution is 6.68. The van der Waals surface area contributed by atoms with Gasteiger partial charge in [0.1, 0.15) is 6.17 Å². The Hall–Kier alpha value is -0.550. The summed E-state index contributed by atoms with van der Waals surface area (Å²) in [4.78, 5) is 18.1. The van der Waals surface area contributed by atoms with Gasteiger partial charge in [0.2, 0.25) is 3.79 Å². The minimum absolute atomic E-state index is 0.292. The molecule has 0 aromatic carbocycles. The van der Waals surface area contributed by atoms with E-state index in [-0.39, 0.29) is 5.91 Å². The number of piperidine rings is 1. The first kappa shape index (κ1) is 15.8. The normalized spacial score (nSPS) is 18.6. The molecule has 0 spiro atoms. The van der Waals surface area contributed by atoms with Gasteiger partial charge in [0.15, 0.2) is 0 Å². The van der Waals surface area contributed by atoms with Crippen LogP contribution in [0.1, 0.15) is 29.6 Å². The molecule has 1 saturated heterocycles. The summed E-state index contributed by atoms with van der Waals surface area (Å²) < 4.78 is -1.57. The van der Waals surface area contributed by atoms with Crippen LogP contribution < -0.4 is 5.32 Å². The molecule has 1 unspecified atom stereocenters. The van der Waals surface area contributed by atoms with Gasteiger partial charge in [-0.3, -0.25) is 14.7 Å². The monoisotopic (exact) mass is 335 g/mol. The van der Waals surface area contributed by atoms with Crippen LogP contribution in [0, 0.1) is 0 Å². The Kier molecular flexibility index (Phi) is 5.49. The third-order valence-corrected chi connectivity index (χ3v) is 3.88. The molecule has 110 valence electrons. The van der Waals surface area contributed by atoms with E-state index in [0.29, 0.717) is 5.56 Å². The van der Waals surface area contributed by atoms with Gasteiger partial charge in [-0.2, -0.15) is 0 Å². The maximum Gasteiger partial charge on any atom is 0.254 e. The molecule has 1 aliphatic heterocycles. The maximum absolute atomic E-state index is 12.2. The van der Waals surface area contributed by atoms with Crippen molar-refractivity contribution < 1.29 is 4.79 Å². The number of likely N-dealkylation sites (tertiary alicyclic amines) is 1. The van der Waals surface area contributed by atoms with Crippen molar-refractivity contribution in [3.05, 3.63) is 30.1 Å². The summed E-state index contributed by atoms with van der Waals surface area (Å²) in [6.45, 7) is 1.62. The molecule has 1 N–H and O–H groups in total. The van der Waals surface area contributed by atoms with E-state index in [4.69, 9.17) is 34.8 Å². The second-order valence-corrected chi connectivity index (χ2v) is 7.12. The zero-order valence-corrected chi connectivity index (χ0v) is 13.1. The van der Waals surface area contributed by atoms with E-state index in [1.54, 1.807) is 18.3 Å². The van der Waals surface area contributed by atoms with E-state index in [0.717, 1.165) is 25.9 Å². The van der Waals surface area contributed by atoms with Gasteiger partial charge in [-0.25, -0.2) is 0 Å². The number of aromatic nitrogens is 1. The SMILES string of the molecule is O=C(NC(N1CCCCC1)C(Cl)(Cl)Cl)c1cccnc1. The predicted molar refractivity (Wildman–Crippen MR) is 81.2 cm³/mol. The minimum atomic E-state index is -1.57. The molecule has 0 saturated carbocycles. The van der Waals surface area contributed by atoms with Crippen molar-refractivity contribution in [2.45, 2.75) is 29.2 Å². The molecular weight excluding hydrogens is 321 g/mol. The first-order valence-electron chi connectivity index (χ1n) is 6.50. The second-order valence-electron chi connectivity index (χ2n) is 4.76. The lowest BCUT2D eigenvalue weighted by atomic mass is 10.1. The molecule has 1 aromatic rings. The summed E-state index contributed by atoms with van der Waals surface area (Å²) in [5, 5.41) is 2.79. The zero-order valence-electron chi connectivity index (χ0n) is 10.9. The van der Waals surface area contributed by atoms with Gasteiger partial charge in [-0.15, -0.1) is 0 Å². The van der Waals surface area contributed by atoms with Gasteiger partial charge in [-0.05, 0) is 25.0 Å². The molecule has 7 heteroatoms. The van der Waals surface area contributed by atoms with Gasteiger partial charge >= 0.3 is 0 Å². The lowest BCUT2D eigenvalue weighted by Gasteiger charge is -2.38. The molecule has 1 amide bonds. The number of carbonyl (C=O) groups excluding carboxylic acids is 1.